The number of piperazine rings is 1. The highest BCUT2D eigenvalue weighted by molar-refractivity contribution is 7.90. The molecule has 0 unspecified atom stereocenters. The maximum absolute atomic E-state index is 11.9. The lowest BCUT2D eigenvalue weighted by atomic mass is 10.2. The van der Waals surface area contributed by atoms with Crippen LogP contribution in [0.5, 0.6) is 0 Å². The summed E-state index contributed by atoms with van der Waals surface area (Å²) in [6.45, 7) is 3.12. The van der Waals surface area contributed by atoms with Crippen LogP contribution in [0.1, 0.15) is 0 Å². The lowest BCUT2D eigenvalue weighted by molar-refractivity contribution is -0.387. The summed E-state index contributed by atoms with van der Waals surface area (Å²) >= 11 is 1.69. The van der Waals surface area contributed by atoms with Crippen molar-refractivity contribution in [2.75, 3.05) is 42.2 Å². The molecular weight excluding hydrogens is 350 g/mol. The van der Waals surface area contributed by atoms with Crippen LogP contribution in [0.25, 0.3) is 0 Å². The fourth-order valence-electron chi connectivity index (χ4n) is 2.78. The smallest absolute Gasteiger partial charge is 0.288 e. The minimum absolute atomic E-state index is 0.231. The Hall–Kier alpha value is -2.13. The third-order valence-corrected chi connectivity index (χ3v) is 6.06. The Morgan fingerprint density at radius 3 is 2.33 bits per heavy atom. The molecule has 1 saturated heterocycles. The van der Waals surface area contributed by atoms with E-state index in [4.69, 9.17) is 0 Å². The molecule has 0 atom stereocenters. The average Bonchev–Trinajstić information content (AvgIpc) is 3.08. The van der Waals surface area contributed by atoms with Crippen LogP contribution in [0.4, 0.5) is 16.4 Å². The maximum Gasteiger partial charge on any atom is 0.288 e. The first-order valence-corrected chi connectivity index (χ1v) is 10.2. The number of benzene rings is 1. The summed E-state index contributed by atoms with van der Waals surface area (Å²) in [5.74, 6) is 0. The first kappa shape index (κ1) is 16.7. The maximum atomic E-state index is 11.9. The molecular formula is C15H17N3O4S2. The van der Waals surface area contributed by atoms with Gasteiger partial charge < -0.3 is 9.80 Å². The zero-order valence-electron chi connectivity index (χ0n) is 13.1. The van der Waals surface area contributed by atoms with Gasteiger partial charge in [0, 0.05) is 44.2 Å². The number of nitro groups is 1. The molecule has 0 saturated carbocycles. The van der Waals surface area contributed by atoms with Crippen molar-refractivity contribution in [2.24, 2.45) is 0 Å². The Morgan fingerprint density at radius 1 is 1.12 bits per heavy atom. The van der Waals surface area contributed by atoms with E-state index in [0.29, 0.717) is 5.69 Å². The van der Waals surface area contributed by atoms with Crippen molar-refractivity contribution in [3.63, 3.8) is 0 Å². The molecule has 3 rings (SSSR count). The molecule has 1 aliphatic rings. The number of hydrogen-bond acceptors (Lipinski definition) is 7. The van der Waals surface area contributed by atoms with Crippen molar-refractivity contribution in [3.8, 4) is 0 Å². The predicted molar refractivity (Wildman–Crippen MR) is 95.0 cm³/mol. The highest BCUT2D eigenvalue weighted by Crippen LogP contribution is 2.30. The number of thiophene rings is 1. The lowest BCUT2D eigenvalue weighted by Gasteiger charge is -2.36. The van der Waals surface area contributed by atoms with Crippen LogP contribution in [0.15, 0.2) is 40.6 Å². The van der Waals surface area contributed by atoms with E-state index in [1.54, 1.807) is 17.4 Å². The van der Waals surface area contributed by atoms with Crippen LogP contribution >= 0.6 is 11.3 Å². The molecule has 128 valence electrons. The molecule has 0 spiro atoms. The number of sulfone groups is 1. The van der Waals surface area contributed by atoms with Gasteiger partial charge in [0.15, 0.2) is 9.84 Å². The van der Waals surface area contributed by atoms with Crippen LogP contribution in [0.3, 0.4) is 0 Å². The van der Waals surface area contributed by atoms with Crippen LogP contribution in [0.2, 0.25) is 0 Å². The van der Waals surface area contributed by atoms with Gasteiger partial charge in [0.1, 0.15) is 4.90 Å². The molecule has 0 amide bonds. The molecule has 0 bridgehead atoms. The second kappa shape index (κ2) is 6.40. The van der Waals surface area contributed by atoms with Crippen LogP contribution in [-0.4, -0.2) is 45.8 Å². The number of rotatable bonds is 4. The van der Waals surface area contributed by atoms with Crippen LogP contribution < -0.4 is 9.80 Å². The molecule has 7 nitrogen and oxygen atoms in total. The summed E-state index contributed by atoms with van der Waals surface area (Å²) in [6, 6.07) is 8.40. The van der Waals surface area contributed by atoms with Crippen molar-refractivity contribution in [1.82, 2.24) is 0 Å². The van der Waals surface area contributed by atoms with E-state index in [-0.39, 0.29) is 10.6 Å². The van der Waals surface area contributed by atoms with E-state index < -0.39 is 14.8 Å². The molecule has 2 aromatic rings. The van der Waals surface area contributed by atoms with Crippen LogP contribution in [-0.2, 0) is 9.84 Å². The van der Waals surface area contributed by atoms with Gasteiger partial charge >= 0.3 is 0 Å². The van der Waals surface area contributed by atoms with E-state index in [0.717, 1.165) is 32.4 Å². The first-order chi connectivity index (χ1) is 11.4. The summed E-state index contributed by atoms with van der Waals surface area (Å²) < 4.78 is 23.7. The van der Waals surface area contributed by atoms with Crippen molar-refractivity contribution >= 4 is 37.5 Å². The summed E-state index contributed by atoms with van der Waals surface area (Å²) in [5.41, 5.74) is 0.324. The average molecular weight is 367 g/mol. The van der Waals surface area contributed by atoms with Crippen LogP contribution in [0, 0.1) is 10.1 Å². The molecule has 0 radical (unpaired) electrons. The lowest BCUT2D eigenvalue weighted by Crippen LogP contribution is -2.46. The molecule has 1 aromatic carbocycles. The van der Waals surface area contributed by atoms with Gasteiger partial charge in [-0.3, -0.25) is 10.1 Å². The molecule has 9 heteroatoms. The number of anilines is 2. The van der Waals surface area contributed by atoms with E-state index in [2.05, 4.69) is 15.9 Å². The number of nitro benzene ring substituents is 1. The monoisotopic (exact) mass is 367 g/mol. The van der Waals surface area contributed by atoms with Gasteiger partial charge in [0.25, 0.3) is 5.69 Å². The highest BCUT2D eigenvalue weighted by Gasteiger charge is 2.25. The van der Waals surface area contributed by atoms with Crippen molar-refractivity contribution < 1.29 is 13.3 Å². The minimum Gasteiger partial charge on any atom is -0.368 e. The Labute approximate surface area is 144 Å². The molecule has 24 heavy (non-hydrogen) atoms. The standard InChI is InChI=1S/C15H17N3O4S2/c1-24(21,22)14-11-12(4-5-13(14)18(19)20)16-6-8-17(9-7-16)15-3-2-10-23-15/h2-5,10-11H,6-9H2,1H3. The van der Waals surface area contributed by atoms with Gasteiger partial charge in [-0.15, -0.1) is 11.3 Å². The fourth-order valence-corrected chi connectivity index (χ4v) is 4.42. The predicted octanol–water partition coefficient (Wildman–Crippen LogP) is 2.39. The summed E-state index contributed by atoms with van der Waals surface area (Å²) in [6.07, 6.45) is 0.994. The third-order valence-electron chi connectivity index (χ3n) is 4.00. The molecule has 2 heterocycles. The van der Waals surface area contributed by atoms with Crippen molar-refractivity contribution in [1.29, 1.82) is 0 Å². The number of nitrogens with zero attached hydrogens (tertiary/aromatic N) is 3. The second-order valence-corrected chi connectivity index (χ2v) is 8.52. The summed E-state index contributed by atoms with van der Waals surface area (Å²) in [7, 11) is -3.66. The normalized spacial score (nSPS) is 15.5. The van der Waals surface area contributed by atoms with Gasteiger partial charge in [0.05, 0.1) is 9.92 Å². The molecule has 1 fully saturated rings. The second-order valence-electron chi connectivity index (χ2n) is 5.61. The van der Waals surface area contributed by atoms with Crippen molar-refractivity contribution in [2.45, 2.75) is 4.90 Å². The SMILES string of the molecule is CS(=O)(=O)c1cc(N2CCN(c3cccs3)CC2)ccc1[N+](=O)[O-]. The van der Waals surface area contributed by atoms with E-state index >= 15 is 0 Å². The Bertz CT molecular complexity index is 842. The van der Waals surface area contributed by atoms with Crippen molar-refractivity contribution in [3.05, 3.63) is 45.8 Å². The van der Waals surface area contributed by atoms with E-state index in [9.17, 15) is 18.5 Å². The van der Waals surface area contributed by atoms with Gasteiger partial charge in [-0.25, -0.2) is 8.42 Å². The zero-order valence-corrected chi connectivity index (χ0v) is 14.7. The molecule has 1 aromatic heterocycles. The van der Waals surface area contributed by atoms with E-state index in [1.807, 2.05) is 11.4 Å². The Morgan fingerprint density at radius 2 is 1.79 bits per heavy atom. The fraction of sp³-hybridized carbons (Fsp3) is 0.333. The first-order valence-electron chi connectivity index (χ1n) is 7.38. The molecule has 0 N–H and O–H groups in total. The highest BCUT2D eigenvalue weighted by atomic mass is 32.2. The summed E-state index contributed by atoms with van der Waals surface area (Å²) in [4.78, 5) is 14.5. The van der Waals surface area contributed by atoms with Gasteiger partial charge in [0.2, 0.25) is 0 Å². The molecule has 1 aliphatic heterocycles. The van der Waals surface area contributed by atoms with Gasteiger partial charge in [-0.2, -0.15) is 0 Å². The zero-order chi connectivity index (χ0) is 17.3. The summed E-state index contributed by atoms with van der Waals surface area (Å²) in [5, 5.41) is 14.3. The molecule has 0 aliphatic carbocycles. The Kier molecular flexibility index (Phi) is 4.46. The topological polar surface area (TPSA) is 83.8 Å². The quantitative estimate of drug-likeness (QED) is 0.609. The minimum atomic E-state index is -3.66. The number of hydrogen-bond donors (Lipinski definition) is 0. The Balaban J connectivity index is 1.82. The largest absolute Gasteiger partial charge is 0.368 e. The van der Waals surface area contributed by atoms with Gasteiger partial charge in [-0.1, -0.05) is 0 Å². The van der Waals surface area contributed by atoms with E-state index in [1.165, 1.54) is 17.1 Å². The van der Waals surface area contributed by atoms with Gasteiger partial charge in [-0.05, 0) is 29.6 Å². The third kappa shape index (κ3) is 3.36.